The maximum Gasteiger partial charge on any atom is 0.124 e. The molecule has 0 amide bonds. The second-order valence-electron chi connectivity index (χ2n) is 9.69. The molecular formula is C35H23N3S2. The van der Waals surface area contributed by atoms with E-state index in [2.05, 4.69) is 143 Å². The van der Waals surface area contributed by atoms with Crippen molar-refractivity contribution < 1.29 is 0 Å². The number of aromatic nitrogens is 1. The first-order chi connectivity index (χ1) is 19.8. The van der Waals surface area contributed by atoms with Gasteiger partial charge < -0.3 is 4.90 Å². The van der Waals surface area contributed by atoms with Crippen LogP contribution in [-0.2, 0) is 0 Å². The molecule has 0 unspecified atom stereocenters. The molecule has 0 radical (unpaired) electrons. The Kier molecular flexibility index (Phi) is 5.50. The minimum absolute atomic E-state index is 1.04. The summed E-state index contributed by atoms with van der Waals surface area (Å²) < 4.78 is 1.21. The molecule has 3 heterocycles. The summed E-state index contributed by atoms with van der Waals surface area (Å²) in [5.41, 5.74) is 9.15. The van der Waals surface area contributed by atoms with Gasteiger partial charge in [0.2, 0.25) is 0 Å². The van der Waals surface area contributed by atoms with Gasteiger partial charge in [0.1, 0.15) is 10.0 Å². The number of hydrogen-bond acceptors (Lipinski definition) is 5. The van der Waals surface area contributed by atoms with Crippen LogP contribution in [-0.4, -0.2) is 4.98 Å². The topological polar surface area (TPSA) is 19.4 Å². The van der Waals surface area contributed by atoms with Crippen LogP contribution in [0.3, 0.4) is 0 Å². The highest BCUT2D eigenvalue weighted by atomic mass is 32.1. The summed E-state index contributed by atoms with van der Waals surface area (Å²) in [4.78, 5) is 11.0. The smallest absolute Gasteiger partial charge is 0.124 e. The van der Waals surface area contributed by atoms with E-state index in [-0.39, 0.29) is 0 Å². The number of nitrogens with zero attached hydrogens (tertiary/aromatic N) is 3. The Balaban J connectivity index is 1.26. The molecule has 2 aromatic heterocycles. The zero-order valence-corrected chi connectivity index (χ0v) is 23.1. The highest BCUT2D eigenvalue weighted by Gasteiger charge is 2.31. The summed E-state index contributed by atoms with van der Waals surface area (Å²) in [5, 5.41) is 2.23. The Morgan fingerprint density at radius 2 is 1.10 bits per heavy atom. The van der Waals surface area contributed by atoms with Gasteiger partial charge in [-0.1, -0.05) is 78.9 Å². The number of anilines is 6. The van der Waals surface area contributed by atoms with Gasteiger partial charge >= 0.3 is 0 Å². The third-order valence-electron chi connectivity index (χ3n) is 7.24. The van der Waals surface area contributed by atoms with E-state index in [1.807, 2.05) is 17.4 Å². The molecule has 7 aromatic rings. The van der Waals surface area contributed by atoms with E-state index in [0.717, 1.165) is 44.5 Å². The molecule has 190 valence electrons. The predicted octanol–water partition coefficient (Wildman–Crippen LogP) is 10.9. The summed E-state index contributed by atoms with van der Waals surface area (Å²) >= 11 is 3.56. The first kappa shape index (κ1) is 23.2. The van der Waals surface area contributed by atoms with E-state index in [4.69, 9.17) is 4.98 Å². The van der Waals surface area contributed by atoms with Crippen molar-refractivity contribution in [2.24, 2.45) is 0 Å². The van der Waals surface area contributed by atoms with Crippen molar-refractivity contribution in [3.8, 4) is 21.0 Å². The molecule has 0 saturated carbocycles. The number of para-hydroxylation sites is 5. The lowest BCUT2D eigenvalue weighted by atomic mass is 10.1. The molecule has 0 bridgehead atoms. The van der Waals surface area contributed by atoms with Crippen molar-refractivity contribution in [3.05, 3.63) is 140 Å². The molecular weight excluding hydrogens is 527 g/mol. The normalized spacial score (nSPS) is 12.4. The van der Waals surface area contributed by atoms with Crippen LogP contribution in [0.2, 0.25) is 0 Å². The SMILES string of the molecule is c1ccc(-c2ccc(N3c4ccccc4N(c4cccc(-c5nc6ccccc6s5)c4)c4ccccc43)s2)cc1. The zero-order valence-electron chi connectivity index (χ0n) is 21.4. The van der Waals surface area contributed by atoms with Gasteiger partial charge in [0.15, 0.2) is 0 Å². The van der Waals surface area contributed by atoms with Crippen LogP contribution in [0.25, 0.3) is 31.2 Å². The molecule has 0 aliphatic carbocycles. The van der Waals surface area contributed by atoms with Gasteiger partial charge in [0, 0.05) is 16.1 Å². The number of hydrogen-bond donors (Lipinski definition) is 0. The minimum atomic E-state index is 1.04. The maximum atomic E-state index is 4.93. The first-order valence-corrected chi connectivity index (χ1v) is 14.9. The van der Waals surface area contributed by atoms with E-state index in [1.165, 1.54) is 20.1 Å². The van der Waals surface area contributed by atoms with Gasteiger partial charge in [-0.25, -0.2) is 4.98 Å². The molecule has 0 N–H and O–H groups in total. The monoisotopic (exact) mass is 549 g/mol. The molecule has 0 saturated heterocycles. The molecule has 0 atom stereocenters. The van der Waals surface area contributed by atoms with Crippen LogP contribution < -0.4 is 9.80 Å². The molecule has 40 heavy (non-hydrogen) atoms. The van der Waals surface area contributed by atoms with Crippen LogP contribution in [0.4, 0.5) is 33.4 Å². The van der Waals surface area contributed by atoms with Gasteiger partial charge in [-0.15, -0.1) is 22.7 Å². The van der Waals surface area contributed by atoms with Gasteiger partial charge in [-0.2, -0.15) is 0 Å². The molecule has 1 aliphatic rings. The van der Waals surface area contributed by atoms with E-state index in [9.17, 15) is 0 Å². The van der Waals surface area contributed by atoms with Crippen LogP contribution in [0.1, 0.15) is 0 Å². The average Bonchev–Trinajstić information content (AvgIpc) is 3.68. The highest BCUT2D eigenvalue weighted by molar-refractivity contribution is 7.21. The molecule has 5 aromatic carbocycles. The lowest BCUT2D eigenvalue weighted by molar-refractivity contribution is 1.18. The minimum Gasteiger partial charge on any atom is -0.306 e. The first-order valence-electron chi connectivity index (χ1n) is 13.2. The van der Waals surface area contributed by atoms with Crippen LogP contribution >= 0.6 is 22.7 Å². The van der Waals surface area contributed by atoms with Gasteiger partial charge in [-0.05, 0) is 66.2 Å². The summed E-state index contributed by atoms with van der Waals surface area (Å²) in [6.07, 6.45) is 0. The zero-order chi connectivity index (χ0) is 26.5. The second-order valence-corrected chi connectivity index (χ2v) is 11.8. The molecule has 1 aliphatic heterocycles. The summed E-state index contributed by atoms with van der Waals surface area (Å²) in [6.45, 7) is 0. The fraction of sp³-hybridized carbons (Fsp3) is 0. The summed E-state index contributed by atoms with van der Waals surface area (Å²) in [7, 11) is 0. The van der Waals surface area contributed by atoms with Crippen molar-refractivity contribution in [2.45, 2.75) is 0 Å². The number of rotatable bonds is 4. The molecule has 5 heteroatoms. The fourth-order valence-corrected chi connectivity index (χ4v) is 7.44. The molecule has 0 spiro atoms. The van der Waals surface area contributed by atoms with Gasteiger partial charge in [0.25, 0.3) is 0 Å². The van der Waals surface area contributed by atoms with Crippen LogP contribution in [0.15, 0.2) is 140 Å². The number of fused-ring (bicyclic) bond motifs is 3. The average molecular weight is 550 g/mol. The third kappa shape index (κ3) is 3.82. The lowest BCUT2D eigenvalue weighted by Crippen LogP contribution is -2.23. The molecule has 0 fully saturated rings. The quantitative estimate of drug-likeness (QED) is 0.218. The van der Waals surface area contributed by atoms with E-state index in [0.29, 0.717) is 0 Å². The van der Waals surface area contributed by atoms with Crippen molar-refractivity contribution in [2.75, 3.05) is 9.80 Å². The highest BCUT2D eigenvalue weighted by Crippen LogP contribution is 2.55. The Morgan fingerprint density at radius 1 is 0.475 bits per heavy atom. The Labute approximate surface area is 240 Å². The summed E-state index contributed by atoms with van der Waals surface area (Å²) in [5.74, 6) is 0. The Morgan fingerprint density at radius 3 is 1.82 bits per heavy atom. The third-order valence-corrected chi connectivity index (χ3v) is 9.45. The largest absolute Gasteiger partial charge is 0.306 e. The van der Waals surface area contributed by atoms with E-state index < -0.39 is 0 Å². The summed E-state index contributed by atoms with van der Waals surface area (Å²) in [6, 6.07) is 49.6. The second kappa shape index (κ2) is 9.49. The maximum absolute atomic E-state index is 4.93. The Bertz CT molecular complexity index is 1910. The lowest BCUT2D eigenvalue weighted by Gasteiger charge is -2.39. The van der Waals surface area contributed by atoms with Crippen molar-refractivity contribution in [3.63, 3.8) is 0 Å². The van der Waals surface area contributed by atoms with Crippen LogP contribution in [0.5, 0.6) is 0 Å². The number of benzene rings is 5. The Hall–Kier alpha value is -4.71. The van der Waals surface area contributed by atoms with Crippen LogP contribution in [0, 0.1) is 0 Å². The predicted molar refractivity (Wildman–Crippen MR) is 171 cm³/mol. The van der Waals surface area contributed by atoms with Crippen molar-refractivity contribution in [1.82, 2.24) is 4.98 Å². The number of thiazole rings is 1. The van der Waals surface area contributed by atoms with Gasteiger partial charge in [-0.3, -0.25) is 4.90 Å². The standard InChI is InChI=1S/C35H23N3S2/c1-2-11-24(12-3-1)32-21-22-34(39-32)38-30-18-7-5-16-28(30)37(29-17-6-8-19-31(29)38)26-14-10-13-25(23-26)35-36-27-15-4-9-20-33(27)40-35/h1-23H. The van der Waals surface area contributed by atoms with Gasteiger partial charge in [0.05, 0.1) is 33.0 Å². The van der Waals surface area contributed by atoms with Crippen molar-refractivity contribution in [1.29, 1.82) is 0 Å². The van der Waals surface area contributed by atoms with E-state index in [1.54, 1.807) is 11.3 Å². The molecule has 8 rings (SSSR count). The number of thiophene rings is 1. The van der Waals surface area contributed by atoms with E-state index >= 15 is 0 Å². The molecule has 3 nitrogen and oxygen atoms in total. The van der Waals surface area contributed by atoms with Crippen molar-refractivity contribution >= 4 is 66.3 Å². The fourth-order valence-electron chi connectivity index (χ4n) is 5.44.